The van der Waals surface area contributed by atoms with Crippen LogP contribution in [-0.4, -0.2) is 25.8 Å². The number of carboxylic acid groups (broad SMARTS) is 1. The summed E-state index contributed by atoms with van der Waals surface area (Å²) in [6.07, 6.45) is -1.68. The molecule has 6 nitrogen and oxygen atoms in total. The topological polar surface area (TPSA) is 77.2 Å². The first-order chi connectivity index (χ1) is 12.2. The van der Waals surface area contributed by atoms with Gasteiger partial charge in [0.15, 0.2) is 0 Å². The Labute approximate surface area is 145 Å². The van der Waals surface area contributed by atoms with Crippen LogP contribution in [0, 0.1) is 0 Å². The lowest BCUT2D eigenvalue weighted by molar-refractivity contribution is -0.137. The molecule has 0 amide bonds. The molecule has 0 bridgehead atoms. The molecular formula is C17H12F3N3O3. The van der Waals surface area contributed by atoms with Crippen molar-refractivity contribution in [1.29, 1.82) is 0 Å². The molecule has 3 aromatic rings. The van der Waals surface area contributed by atoms with Crippen molar-refractivity contribution in [3.8, 4) is 22.9 Å². The highest BCUT2D eigenvalue weighted by Gasteiger charge is 2.30. The Morgan fingerprint density at radius 2 is 1.88 bits per heavy atom. The van der Waals surface area contributed by atoms with Crippen LogP contribution in [0.5, 0.6) is 11.6 Å². The number of hydrogen-bond acceptors (Lipinski definition) is 4. The Bertz CT molecular complexity index is 950. The molecule has 2 heterocycles. The lowest BCUT2D eigenvalue weighted by atomic mass is 10.1. The number of rotatable bonds is 4. The minimum Gasteiger partial charge on any atom is -0.478 e. The largest absolute Gasteiger partial charge is 0.478 e. The average Bonchev–Trinajstić information content (AvgIpc) is 3.01. The van der Waals surface area contributed by atoms with E-state index in [0.29, 0.717) is 11.3 Å². The van der Waals surface area contributed by atoms with Crippen LogP contribution in [0.4, 0.5) is 13.2 Å². The Morgan fingerprint density at radius 3 is 2.42 bits per heavy atom. The summed E-state index contributed by atoms with van der Waals surface area (Å²) in [7, 11) is 1.69. The second kappa shape index (κ2) is 6.51. The number of halogens is 3. The number of ether oxygens (including phenoxy) is 1. The highest BCUT2D eigenvalue weighted by atomic mass is 19.4. The van der Waals surface area contributed by atoms with E-state index in [-0.39, 0.29) is 17.2 Å². The van der Waals surface area contributed by atoms with E-state index in [2.05, 4.69) is 10.1 Å². The minimum atomic E-state index is -4.45. The van der Waals surface area contributed by atoms with Crippen LogP contribution in [-0.2, 0) is 13.2 Å². The Hall–Kier alpha value is -3.36. The monoisotopic (exact) mass is 363 g/mol. The maximum absolute atomic E-state index is 12.6. The highest BCUT2D eigenvalue weighted by Crippen LogP contribution is 2.34. The smallest absolute Gasteiger partial charge is 0.416 e. The van der Waals surface area contributed by atoms with E-state index in [4.69, 9.17) is 9.84 Å². The lowest BCUT2D eigenvalue weighted by Crippen LogP contribution is -2.04. The van der Waals surface area contributed by atoms with Gasteiger partial charge in [-0.25, -0.2) is 9.78 Å². The molecule has 0 atom stereocenters. The second-order valence-corrected chi connectivity index (χ2v) is 5.38. The maximum atomic E-state index is 12.6. The zero-order valence-corrected chi connectivity index (χ0v) is 13.4. The zero-order chi connectivity index (χ0) is 18.9. The van der Waals surface area contributed by atoms with Crippen LogP contribution < -0.4 is 4.74 Å². The van der Waals surface area contributed by atoms with Crippen molar-refractivity contribution in [3.05, 3.63) is 59.9 Å². The number of nitrogens with zero attached hydrogens (tertiary/aromatic N) is 3. The summed E-state index contributed by atoms with van der Waals surface area (Å²) < 4.78 is 45.0. The normalized spacial score (nSPS) is 11.4. The van der Waals surface area contributed by atoms with Crippen LogP contribution >= 0.6 is 0 Å². The maximum Gasteiger partial charge on any atom is 0.416 e. The number of carboxylic acids is 1. The van der Waals surface area contributed by atoms with Gasteiger partial charge in [0.25, 0.3) is 0 Å². The first-order valence-electron chi connectivity index (χ1n) is 7.32. The van der Waals surface area contributed by atoms with Crippen molar-refractivity contribution < 1.29 is 27.8 Å². The van der Waals surface area contributed by atoms with E-state index < -0.39 is 17.7 Å². The van der Waals surface area contributed by atoms with Gasteiger partial charge in [0.05, 0.1) is 22.4 Å². The SMILES string of the molecule is Cn1ccc(-c2cc(C(=O)O)cnc2Oc2ccc(C(F)(F)F)cc2)n1. The van der Waals surface area contributed by atoms with Gasteiger partial charge in [-0.05, 0) is 36.4 Å². The summed E-state index contributed by atoms with van der Waals surface area (Å²) in [5.74, 6) is -1.00. The molecule has 0 aliphatic heterocycles. The fraction of sp³-hybridized carbons (Fsp3) is 0.118. The fourth-order valence-electron chi connectivity index (χ4n) is 2.22. The molecule has 0 spiro atoms. The van der Waals surface area contributed by atoms with Gasteiger partial charge in [-0.1, -0.05) is 0 Å². The molecular weight excluding hydrogens is 351 g/mol. The first kappa shape index (κ1) is 17.5. The van der Waals surface area contributed by atoms with Crippen LogP contribution in [0.25, 0.3) is 11.3 Å². The number of pyridine rings is 1. The molecule has 0 aliphatic rings. The average molecular weight is 363 g/mol. The molecule has 9 heteroatoms. The number of alkyl halides is 3. The van der Waals surface area contributed by atoms with Crippen LogP contribution in [0.15, 0.2) is 48.8 Å². The van der Waals surface area contributed by atoms with Crippen molar-refractivity contribution in [2.75, 3.05) is 0 Å². The highest BCUT2D eigenvalue weighted by molar-refractivity contribution is 5.89. The number of aromatic carboxylic acids is 1. The van der Waals surface area contributed by atoms with Crippen molar-refractivity contribution in [3.63, 3.8) is 0 Å². The standard InChI is InChI=1S/C17H12F3N3O3/c1-23-7-6-14(22-23)13-8-10(16(24)25)9-21-15(13)26-12-4-2-11(3-5-12)17(18,19)20/h2-9H,1H3,(H,24,25). The van der Waals surface area contributed by atoms with E-state index in [1.165, 1.54) is 10.7 Å². The van der Waals surface area contributed by atoms with Gasteiger partial charge in [-0.15, -0.1) is 0 Å². The van der Waals surface area contributed by atoms with Gasteiger partial charge in [0, 0.05) is 19.4 Å². The van der Waals surface area contributed by atoms with Gasteiger partial charge in [-0.2, -0.15) is 18.3 Å². The molecule has 134 valence electrons. The molecule has 26 heavy (non-hydrogen) atoms. The molecule has 2 aromatic heterocycles. The quantitative estimate of drug-likeness (QED) is 0.758. The molecule has 0 radical (unpaired) electrons. The van der Waals surface area contributed by atoms with Crippen LogP contribution in [0.1, 0.15) is 15.9 Å². The summed E-state index contributed by atoms with van der Waals surface area (Å²) in [6, 6.07) is 7.09. The molecule has 0 unspecified atom stereocenters. The number of aryl methyl sites for hydroxylation is 1. The number of benzene rings is 1. The van der Waals surface area contributed by atoms with Crippen LogP contribution in [0.2, 0.25) is 0 Å². The third-order valence-corrected chi connectivity index (χ3v) is 3.48. The third kappa shape index (κ3) is 3.66. The van der Waals surface area contributed by atoms with Crippen molar-refractivity contribution in [1.82, 2.24) is 14.8 Å². The van der Waals surface area contributed by atoms with Crippen molar-refractivity contribution in [2.24, 2.45) is 7.05 Å². The van der Waals surface area contributed by atoms with Crippen LogP contribution in [0.3, 0.4) is 0 Å². The summed E-state index contributed by atoms with van der Waals surface area (Å²) in [6.45, 7) is 0. The van der Waals surface area contributed by atoms with E-state index in [1.54, 1.807) is 19.3 Å². The van der Waals surface area contributed by atoms with E-state index >= 15 is 0 Å². The van der Waals surface area contributed by atoms with Gasteiger partial charge in [-0.3, -0.25) is 4.68 Å². The molecule has 0 aliphatic carbocycles. The lowest BCUT2D eigenvalue weighted by Gasteiger charge is -2.11. The molecule has 3 rings (SSSR count). The molecule has 0 saturated heterocycles. The van der Waals surface area contributed by atoms with Crippen molar-refractivity contribution in [2.45, 2.75) is 6.18 Å². The van der Waals surface area contributed by atoms with Crippen molar-refractivity contribution >= 4 is 5.97 Å². The molecule has 0 saturated carbocycles. The molecule has 1 N–H and O–H groups in total. The first-order valence-corrected chi connectivity index (χ1v) is 7.32. The fourth-order valence-corrected chi connectivity index (χ4v) is 2.22. The Kier molecular flexibility index (Phi) is 4.37. The number of hydrogen-bond donors (Lipinski definition) is 1. The third-order valence-electron chi connectivity index (χ3n) is 3.48. The van der Waals surface area contributed by atoms with Gasteiger partial charge >= 0.3 is 12.1 Å². The van der Waals surface area contributed by atoms with Gasteiger partial charge in [0.2, 0.25) is 5.88 Å². The summed E-state index contributed by atoms with van der Waals surface area (Å²) >= 11 is 0. The number of carbonyl (C=O) groups is 1. The summed E-state index contributed by atoms with van der Waals surface area (Å²) in [5, 5.41) is 13.3. The van der Waals surface area contributed by atoms with Gasteiger partial charge in [0.1, 0.15) is 5.75 Å². The molecule has 1 aromatic carbocycles. The van der Waals surface area contributed by atoms with E-state index in [9.17, 15) is 18.0 Å². The Balaban J connectivity index is 1.98. The second-order valence-electron chi connectivity index (χ2n) is 5.38. The van der Waals surface area contributed by atoms with E-state index in [0.717, 1.165) is 30.5 Å². The zero-order valence-electron chi connectivity index (χ0n) is 13.4. The van der Waals surface area contributed by atoms with Gasteiger partial charge < -0.3 is 9.84 Å². The van der Waals surface area contributed by atoms with E-state index in [1.807, 2.05) is 0 Å². The summed E-state index contributed by atoms with van der Waals surface area (Å²) in [5.41, 5.74) is -0.134. The number of aromatic nitrogens is 3. The molecule has 0 fully saturated rings. The summed E-state index contributed by atoms with van der Waals surface area (Å²) in [4.78, 5) is 15.2. The Morgan fingerprint density at radius 1 is 1.19 bits per heavy atom. The minimum absolute atomic E-state index is 0.0356. The predicted octanol–water partition coefficient (Wildman–Crippen LogP) is 3.99. The predicted molar refractivity (Wildman–Crippen MR) is 84.9 cm³/mol.